The van der Waals surface area contributed by atoms with Crippen LogP contribution in [0.3, 0.4) is 0 Å². The van der Waals surface area contributed by atoms with Gasteiger partial charge in [-0.05, 0) is 39.7 Å². The topological polar surface area (TPSA) is 72.9 Å². The van der Waals surface area contributed by atoms with Gasteiger partial charge in [-0.1, -0.05) is 0 Å². The van der Waals surface area contributed by atoms with E-state index >= 15 is 0 Å². The summed E-state index contributed by atoms with van der Waals surface area (Å²) in [5.41, 5.74) is 5.57. The summed E-state index contributed by atoms with van der Waals surface area (Å²) >= 11 is 0. The van der Waals surface area contributed by atoms with Crippen LogP contribution in [0.25, 0.3) is 0 Å². The summed E-state index contributed by atoms with van der Waals surface area (Å²) in [5.74, 6) is 4.90. The zero-order valence-electron chi connectivity index (χ0n) is 10.4. The lowest BCUT2D eigenvalue weighted by Gasteiger charge is -2.13. The molecule has 1 heterocycles. The molecule has 0 fully saturated rings. The smallest absolute Gasteiger partial charge is 0.233 e. The summed E-state index contributed by atoms with van der Waals surface area (Å²) < 4.78 is 1.98. The highest BCUT2D eigenvalue weighted by Crippen LogP contribution is 2.19. The van der Waals surface area contributed by atoms with E-state index in [1.165, 1.54) is 5.56 Å². The third-order valence-corrected chi connectivity index (χ3v) is 3.05. The molecule has 0 saturated carbocycles. The average Bonchev–Trinajstić information content (AvgIpc) is 2.53. The molecule has 5 heteroatoms. The lowest BCUT2D eigenvalue weighted by molar-refractivity contribution is -0.121. The van der Waals surface area contributed by atoms with Gasteiger partial charge in [0.2, 0.25) is 5.91 Å². The predicted octanol–water partition coefficient (Wildman–Crippen LogP) is 1.14. The lowest BCUT2D eigenvalue weighted by atomic mass is 10.1. The molecule has 1 atom stereocenters. The molecule has 16 heavy (non-hydrogen) atoms. The van der Waals surface area contributed by atoms with Crippen LogP contribution >= 0.6 is 0 Å². The van der Waals surface area contributed by atoms with Gasteiger partial charge in [0.25, 0.3) is 0 Å². The van der Waals surface area contributed by atoms with Gasteiger partial charge in [-0.2, -0.15) is 5.10 Å². The first-order valence-corrected chi connectivity index (χ1v) is 5.49. The van der Waals surface area contributed by atoms with Crippen molar-refractivity contribution in [3.63, 3.8) is 0 Å². The Labute approximate surface area is 96.0 Å². The molecular weight excluding hydrogens is 204 g/mol. The first-order chi connectivity index (χ1) is 7.47. The monoisotopic (exact) mass is 224 g/mol. The van der Waals surface area contributed by atoms with E-state index in [1.54, 1.807) is 0 Å². The summed E-state index contributed by atoms with van der Waals surface area (Å²) in [6.45, 7) is 8.17. The van der Waals surface area contributed by atoms with Crippen LogP contribution in [0.2, 0.25) is 0 Å². The van der Waals surface area contributed by atoms with Crippen LogP contribution in [0.4, 0.5) is 0 Å². The van der Waals surface area contributed by atoms with E-state index in [2.05, 4.69) is 31.3 Å². The number of hydrogen-bond acceptors (Lipinski definition) is 3. The second-order valence-electron chi connectivity index (χ2n) is 4.20. The van der Waals surface area contributed by atoms with Crippen LogP contribution in [-0.2, 0) is 4.79 Å². The molecule has 5 nitrogen and oxygen atoms in total. The Kier molecular flexibility index (Phi) is 4.06. The van der Waals surface area contributed by atoms with Gasteiger partial charge in [-0.15, -0.1) is 0 Å². The van der Waals surface area contributed by atoms with Crippen molar-refractivity contribution in [3.8, 4) is 0 Å². The van der Waals surface area contributed by atoms with E-state index in [9.17, 15) is 4.79 Å². The molecule has 3 N–H and O–H groups in total. The fourth-order valence-electron chi connectivity index (χ4n) is 1.71. The quantitative estimate of drug-likeness (QED) is 0.457. The number of aromatic nitrogens is 2. The Morgan fingerprint density at radius 2 is 2.12 bits per heavy atom. The Hall–Kier alpha value is -1.36. The Morgan fingerprint density at radius 3 is 2.56 bits per heavy atom. The van der Waals surface area contributed by atoms with E-state index in [4.69, 9.17) is 5.84 Å². The lowest BCUT2D eigenvalue weighted by Crippen LogP contribution is -2.30. The summed E-state index contributed by atoms with van der Waals surface area (Å²) in [5, 5.41) is 4.47. The van der Waals surface area contributed by atoms with Crippen LogP contribution in [0.1, 0.15) is 42.8 Å². The summed E-state index contributed by atoms with van der Waals surface area (Å²) in [7, 11) is 0. The molecule has 0 aliphatic carbocycles. The number of carbonyl (C=O) groups excluding carboxylic acids is 1. The number of nitrogens with zero attached hydrogens (tertiary/aromatic N) is 2. The summed E-state index contributed by atoms with van der Waals surface area (Å²) in [6.07, 6.45) is 1.17. The number of aryl methyl sites for hydroxylation is 1. The molecule has 90 valence electrons. The first kappa shape index (κ1) is 12.7. The van der Waals surface area contributed by atoms with Crippen molar-refractivity contribution in [2.45, 2.75) is 46.6 Å². The van der Waals surface area contributed by atoms with Gasteiger partial charge in [-0.3, -0.25) is 14.9 Å². The van der Waals surface area contributed by atoms with Gasteiger partial charge in [0.15, 0.2) is 0 Å². The summed E-state index contributed by atoms with van der Waals surface area (Å²) in [6, 6.07) is 0.213. The highest BCUT2D eigenvalue weighted by molar-refractivity contribution is 5.75. The van der Waals surface area contributed by atoms with Gasteiger partial charge in [-0.25, -0.2) is 5.84 Å². The molecule has 1 rings (SSSR count). The molecule has 1 amide bonds. The highest BCUT2D eigenvalue weighted by Gasteiger charge is 2.13. The van der Waals surface area contributed by atoms with Crippen molar-refractivity contribution >= 4 is 5.91 Å². The minimum Gasteiger partial charge on any atom is -0.294 e. The first-order valence-electron chi connectivity index (χ1n) is 5.49. The van der Waals surface area contributed by atoms with Gasteiger partial charge in [0, 0.05) is 18.2 Å². The molecule has 0 aliphatic rings. The van der Waals surface area contributed by atoms with Gasteiger partial charge >= 0.3 is 0 Å². The Bertz CT molecular complexity index is 384. The SMILES string of the molecule is Cc1nn(C(C)CCC(=O)NN)c(C)c1C. The molecule has 0 aromatic carbocycles. The van der Waals surface area contributed by atoms with Crippen LogP contribution < -0.4 is 11.3 Å². The standard InChI is InChI=1S/C11H20N4O/c1-7(5-6-11(16)13-12)15-10(4)8(2)9(3)14-15/h7H,5-6,12H2,1-4H3,(H,13,16). The van der Waals surface area contributed by atoms with Gasteiger partial charge < -0.3 is 0 Å². The minimum atomic E-state index is -0.134. The van der Waals surface area contributed by atoms with E-state index in [-0.39, 0.29) is 11.9 Å². The maximum Gasteiger partial charge on any atom is 0.233 e. The number of hydrogen-bond donors (Lipinski definition) is 2. The van der Waals surface area contributed by atoms with Gasteiger partial charge in [0.1, 0.15) is 0 Å². The number of amides is 1. The van der Waals surface area contributed by atoms with Crippen molar-refractivity contribution in [1.82, 2.24) is 15.2 Å². The zero-order chi connectivity index (χ0) is 12.3. The molecule has 0 aliphatic heterocycles. The van der Waals surface area contributed by atoms with Crippen molar-refractivity contribution in [2.75, 3.05) is 0 Å². The number of rotatable bonds is 4. The number of nitrogens with two attached hydrogens (primary N) is 1. The molecule has 0 bridgehead atoms. The second-order valence-corrected chi connectivity index (χ2v) is 4.20. The molecule has 1 aromatic rings. The fraction of sp³-hybridized carbons (Fsp3) is 0.636. The second kappa shape index (κ2) is 5.12. The summed E-state index contributed by atoms with van der Waals surface area (Å²) in [4.78, 5) is 11.0. The Balaban J connectivity index is 2.69. The van der Waals surface area contributed by atoms with Crippen molar-refractivity contribution in [2.24, 2.45) is 5.84 Å². The average molecular weight is 224 g/mol. The molecule has 1 aromatic heterocycles. The van der Waals surface area contributed by atoms with E-state index in [0.717, 1.165) is 17.8 Å². The van der Waals surface area contributed by atoms with Crippen molar-refractivity contribution in [1.29, 1.82) is 0 Å². The maximum atomic E-state index is 11.0. The van der Waals surface area contributed by atoms with Gasteiger partial charge in [0.05, 0.1) is 5.69 Å². The largest absolute Gasteiger partial charge is 0.294 e. The van der Waals surface area contributed by atoms with Crippen LogP contribution in [0.15, 0.2) is 0 Å². The third kappa shape index (κ3) is 2.61. The fourth-order valence-corrected chi connectivity index (χ4v) is 1.71. The maximum absolute atomic E-state index is 11.0. The van der Waals surface area contributed by atoms with Crippen LogP contribution in [-0.4, -0.2) is 15.7 Å². The predicted molar refractivity (Wildman–Crippen MR) is 62.7 cm³/mol. The van der Waals surface area contributed by atoms with Crippen molar-refractivity contribution < 1.29 is 4.79 Å². The molecule has 1 unspecified atom stereocenters. The van der Waals surface area contributed by atoms with Crippen LogP contribution in [0, 0.1) is 20.8 Å². The van der Waals surface area contributed by atoms with E-state index in [1.807, 2.05) is 11.6 Å². The Morgan fingerprint density at radius 1 is 1.50 bits per heavy atom. The number of nitrogens with one attached hydrogen (secondary N) is 1. The number of hydrazine groups is 1. The van der Waals surface area contributed by atoms with Crippen LogP contribution in [0.5, 0.6) is 0 Å². The van der Waals surface area contributed by atoms with E-state index in [0.29, 0.717) is 6.42 Å². The molecular formula is C11H20N4O. The number of carbonyl (C=O) groups is 1. The zero-order valence-corrected chi connectivity index (χ0v) is 10.4. The molecule has 0 saturated heterocycles. The molecule has 0 spiro atoms. The minimum absolute atomic E-state index is 0.134. The normalized spacial score (nSPS) is 12.6. The third-order valence-electron chi connectivity index (χ3n) is 3.05. The van der Waals surface area contributed by atoms with Crippen molar-refractivity contribution in [3.05, 3.63) is 17.0 Å². The molecule has 0 radical (unpaired) electrons. The highest BCUT2D eigenvalue weighted by atomic mass is 16.2. The van der Waals surface area contributed by atoms with E-state index < -0.39 is 0 Å².